The van der Waals surface area contributed by atoms with Crippen molar-refractivity contribution in [3.8, 4) is 11.8 Å². The van der Waals surface area contributed by atoms with Gasteiger partial charge in [0.05, 0.1) is 29.6 Å². The second-order valence-electron chi connectivity index (χ2n) is 4.60. The second-order valence-corrected chi connectivity index (χ2v) is 4.99. The molecule has 1 atom stereocenters. The van der Waals surface area contributed by atoms with Crippen LogP contribution in [0.2, 0.25) is 5.15 Å². The third-order valence-electron chi connectivity index (χ3n) is 2.77. The fraction of sp³-hybridized carbons (Fsp3) is 0.286. The second kappa shape index (κ2) is 7.51. The summed E-state index contributed by atoms with van der Waals surface area (Å²) in [6, 6.07) is 1.40. The molecule has 128 valence electrons. The van der Waals surface area contributed by atoms with Gasteiger partial charge in [-0.2, -0.15) is 9.78 Å². The predicted octanol–water partition coefficient (Wildman–Crippen LogP) is 2.55. The van der Waals surface area contributed by atoms with E-state index in [1.54, 1.807) is 0 Å². The van der Waals surface area contributed by atoms with E-state index in [2.05, 4.69) is 27.2 Å². The van der Waals surface area contributed by atoms with E-state index in [0.29, 0.717) is 11.3 Å². The first kappa shape index (κ1) is 18.0. The van der Waals surface area contributed by atoms with Gasteiger partial charge in [-0.1, -0.05) is 23.4 Å². The largest absolute Gasteiger partial charge is 0.504 e. The predicted molar refractivity (Wildman–Crippen MR) is 79.2 cm³/mol. The third-order valence-corrected chi connectivity index (χ3v) is 2.97. The zero-order valence-electron chi connectivity index (χ0n) is 12.0. The molecular formula is C14H11ClF4N4O. The molecule has 0 unspecified atom stereocenters. The Balaban J connectivity index is 2.22. The van der Waals surface area contributed by atoms with Gasteiger partial charge in [-0.15, -0.1) is 13.2 Å². The van der Waals surface area contributed by atoms with Gasteiger partial charge in [-0.05, 0) is 6.07 Å². The summed E-state index contributed by atoms with van der Waals surface area (Å²) in [6.45, 7) is -0.832. The summed E-state index contributed by atoms with van der Waals surface area (Å²) in [4.78, 5) is 3.82. The smallest absolute Gasteiger partial charge is 0.393 e. The zero-order chi connectivity index (χ0) is 17.7. The number of hydrogen-bond acceptors (Lipinski definition) is 4. The minimum Gasteiger partial charge on any atom is -0.393 e. The molecule has 5 nitrogen and oxygen atoms in total. The van der Waals surface area contributed by atoms with Gasteiger partial charge in [-0.25, -0.2) is 9.37 Å². The van der Waals surface area contributed by atoms with Crippen molar-refractivity contribution in [2.45, 2.75) is 12.5 Å². The number of alkyl halides is 4. The van der Waals surface area contributed by atoms with Crippen LogP contribution < -0.4 is 5.32 Å². The maximum atomic E-state index is 13.1. The van der Waals surface area contributed by atoms with Crippen LogP contribution in [0.15, 0.2) is 24.7 Å². The molecule has 0 bridgehead atoms. The number of nitrogens with zero attached hydrogens (tertiary/aromatic N) is 3. The van der Waals surface area contributed by atoms with Crippen molar-refractivity contribution in [2.75, 3.05) is 18.5 Å². The number of hydrogen-bond donors (Lipinski definition) is 2. The lowest BCUT2D eigenvalue weighted by molar-refractivity contribution is -0.212. The molecule has 2 aromatic heterocycles. The van der Waals surface area contributed by atoms with E-state index in [0.717, 1.165) is 12.4 Å². The van der Waals surface area contributed by atoms with Gasteiger partial charge in [0.15, 0.2) is 0 Å². The molecular weight excluding hydrogens is 352 g/mol. The molecule has 0 fully saturated rings. The number of aliphatic hydroxyl groups is 1. The highest BCUT2D eigenvalue weighted by Gasteiger charge is 2.31. The molecule has 0 spiro atoms. The molecule has 24 heavy (non-hydrogen) atoms. The average Bonchev–Trinajstić information content (AvgIpc) is 3.00. The van der Waals surface area contributed by atoms with E-state index in [1.807, 2.05) is 0 Å². The first-order chi connectivity index (χ1) is 11.3. The fourth-order valence-electron chi connectivity index (χ4n) is 1.63. The lowest BCUT2D eigenvalue weighted by Gasteiger charge is -2.10. The highest BCUT2D eigenvalue weighted by Crippen LogP contribution is 2.21. The van der Waals surface area contributed by atoms with E-state index >= 15 is 0 Å². The van der Waals surface area contributed by atoms with Crippen LogP contribution in [0.5, 0.6) is 0 Å². The van der Waals surface area contributed by atoms with Crippen LogP contribution in [0.4, 0.5) is 23.2 Å². The van der Waals surface area contributed by atoms with Crippen molar-refractivity contribution in [3.05, 3.63) is 40.9 Å². The zero-order valence-corrected chi connectivity index (χ0v) is 12.7. The van der Waals surface area contributed by atoms with Crippen molar-refractivity contribution in [2.24, 2.45) is 0 Å². The number of rotatable bonds is 4. The van der Waals surface area contributed by atoms with E-state index in [9.17, 15) is 17.6 Å². The Morgan fingerprint density at radius 1 is 1.33 bits per heavy atom. The number of aromatic nitrogens is 3. The van der Waals surface area contributed by atoms with Crippen molar-refractivity contribution in [3.63, 3.8) is 0 Å². The maximum Gasteiger partial charge on any atom is 0.504 e. The summed E-state index contributed by atoms with van der Waals surface area (Å²) in [5.74, 6) is 5.14. The van der Waals surface area contributed by atoms with Crippen LogP contribution in [0.3, 0.4) is 0 Å². The highest BCUT2D eigenvalue weighted by molar-refractivity contribution is 6.29. The van der Waals surface area contributed by atoms with Gasteiger partial charge < -0.3 is 10.4 Å². The standard InChI is InChI=1S/C14H11ClF4N4O/c15-13-3-12(20-6-11(16)8-24)10(5-21-13)2-1-9-4-22-23(7-9)14(17,18)19/h3-5,7,11,24H,6,8H2,(H,20,21)/t11-/m0/s1. The molecule has 2 aromatic rings. The van der Waals surface area contributed by atoms with E-state index in [-0.39, 0.29) is 21.9 Å². The Morgan fingerprint density at radius 2 is 2.08 bits per heavy atom. The van der Waals surface area contributed by atoms with Gasteiger partial charge in [0.2, 0.25) is 0 Å². The molecule has 0 amide bonds. The third kappa shape index (κ3) is 4.84. The number of aliphatic hydroxyl groups excluding tert-OH is 1. The Bertz CT molecular complexity index is 766. The van der Waals surface area contributed by atoms with Gasteiger partial charge in [0, 0.05) is 18.9 Å². The molecule has 2 N–H and O–H groups in total. The van der Waals surface area contributed by atoms with Crippen LogP contribution in [-0.2, 0) is 6.30 Å². The molecule has 0 saturated carbocycles. The monoisotopic (exact) mass is 362 g/mol. The lowest BCUT2D eigenvalue weighted by atomic mass is 10.2. The number of pyridine rings is 1. The lowest BCUT2D eigenvalue weighted by Crippen LogP contribution is -2.19. The summed E-state index contributed by atoms with van der Waals surface area (Å²) in [7, 11) is 0. The van der Waals surface area contributed by atoms with Crippen molar-refractivity contribution in [1.29, 1.82) is 0 Å². The molecule has 10 heteroatoms. The average molecular weight is 363 g/mol. The molecule has 0 aliphatic rings. The molecule has 0 aliphatic carbocycles. The quantitative estimate of drug-likeness (QED) is 0.498. The molecule has 0 aliphatic heterocycles. The maximum absolute atomic E-state index is 13.1. The number of nitrogens with one attached hydrogen (secondary N) is 1. The van der Waals surface area contributed by atoms with E-state index in [4.69, 9.17) is 16.7 Å². The van der Waals surface area contributed by atoms with Crippen molar-refractivity contribution < 1.29 is 22.7 Å². The van der Waals surface area contributed by atoms with E-state index in [1.165, 1.54) is 12.3 Å². The van der Waals surface area contributed by atoms with Gasteiger partial charge in [0.25, 0.3) is 0 Å². The SMILES string of the molecule is OC[C@@H](F)CNc1cc(Cl)ncc1C#Cc1cnn(C(F)(F)F)c1. The van der Waals surface area contributed by atoms with Gasteiger partial charge in [0.1, 0.15) is 11.3 Å². The van der Waals surface area contributed by atoms with Crippen LogP contribution in [-0.4, -0.2) is 39.2 Å². The Kier molecular flexibility index (Phi) is 5.64. The summed E-state index contributed by atoms with van der Waals surface area (Å²) < 4.78 is 50.3. The topological polar surface area (TPSA) is 63.0 Å². The first-order valence-corrected chi connectivity index (χ1v) is 6.95. The summed E-state index contributed by atoms with van der Waals surface area (Å²) >= 11 is 5.76. The fourth-order valence-corrected chi connectivity index (χ4v) is 1.78. The number of halogens is 5. The van der Waals surface area contributed by atoms with Crippen LogP contribution >= 0.6 is 11.6 Å². The summed E-state index contributed by atoms with van der Waals surface area (Å²) in [5, 5.41) is 14.7. The van der Waals surface area contributed by atoms with Crippen LogP contribution in [0.25, 0.3) is 0 Å². The normalized spacial score (nSPS) is 12.4. The number of anilines is 1. The highest BCUT2D eigenvalue weighted by atomic mass is 35.5. The molecule has 2 rings (SSSR count). The first-order valence-electron chi connectivity index (χ1n) is 6.58. The summed E-state index contributed by atoms with van der Waals surface area (Å²) in [5.41, 5.74) is 0.707. The molecule has 0 saturated heterocycles. The van der Waals surface area contributed by atoms with Crippen LogP contribution in [0.1, 0.15) is 11.1 Å². The Hall–Kier alpha value is -2.31. The van der Waals surface area contributed by atoms with E-state index < -0.39 is 19.1 Å². The van der Waals surface area contributed by atoms with Crippen molar-refractivity contribution >= 4 is 17.3 Å². The van der Waals surface area contributed by atoms with Crippen LogP contribution in [0, 0.1) is 11.8 Å². The Morgan fingerprint density at radius 3 is 2.71 bits per heavy atom. The van der Waals surface area contributed by atoms with Gasteiger partial charge >= 0.3 is 6.30 Å². The molecule has 0 radical (unpaired) electrons. The van der Waals surface area contributed by atoms with Crippen molar-refractivity contribution in [1.82, 2.24) is 14.8 Å². The summed E-state index contributed by atoms with van der Waals surface area (Å²) in [6.07, 6.45) is -3.08. The minimum atomic E-state index is -4.62. The van der Waals surface area contributed by atoms with Gasteiger partial charge in [-0.3, -0.25) is 0 Å². The Labute approximate surface area is 139 Å². The molecule has 0 aromatic carbocycles. The molecule has 2 heterocycles. The minimum absolute atomic E-state index is 0.0481.